The molecule has 0 atom stereocenters. The van der Waals surface area contributed by atoms with E-state index >= 15 is 0 Å². The van der Waals surface area contributed by atoms with Crippen molar-refractivity contribution in [3.8, 4) is 5.75 Å². The summed E-state index contributed by atoms with van der Waals surface area (Å²) in [5.41, 5.74) is 3.29. The smallest absolute Gasteiger partial charge is 0.341 e. The van der Waals surface area contributed by atoms with Gasteiger partial charge in [-0.25, -0.2) is 4.79 Å². The van der Waals surface area contributed by atoms with Gasteiger partial charge in [0.05, 0.1) is 5.69 Å². The lowest BCUT2D eigenvalue weighted by Gasteiger charge is -2.08. The Morgan fingerprint density at radius 2 is 1.87 bits per heavy atom. The van der Waals surface area contributed by atoms with E-state index in [1.165, 1.54) is 0 Å². The Balaban J connectivity index is 1.87. The second kappa shape index (κ2) is 5.96. The Morgan fingerprint density at radius 3 is 2.57 bits per heavy atom. The van der Waals surface area contributed by atoms with Crippen LogP contribution in [0.25, 0.3) is 11.6 Å². The number of benzene rings is 2. The van der Waals surface area contributed by atoms with Crippen LogP contribution in [-0.2, 0) is 9.59 Å². The fourth-order valence-corrected chi connectivity index (χ4v) is 2.51. The molecule has 1 heterocycles. The van der Waals surface area contributed by atoms with E-state index in [9.17, 15) is 9.59 Å². The number of carboxylic acids is 1. The number of likely N-dealkylation sites (N-methyl/N-ethyl adjacent to an activating group) is 1. The highest BCUT2D eigenvalue weighted by atomic mass is 16.5. The number of hydrogen-bond donors (Lipinski definition) is 1. The highest BCUT2D eigenvalue weighted by Crippen LogP contribution is 2.36. The van der Waals surface area contributed by atoms with Crippen LogP contribution in [-0.4, -0.2) is 30.6 Å². The minimum atomic E-state index is -1.02. The minimum Gasteiger partial charge on any atom is -0.482 e. The standard InChI is InChI=1S/C18H15NO4/c1-19-16-5-3-2-4-14(16)15(18(19)22)10-12-6-8-13(9-7-12)23-11-17(20)21/h2-10H,11H2,1H3,(H,20,21)/b15-10+. The average Bonchev–Trinajstić information content (AvgIpc) is 2.80. The van der Waals surface area contributed by atoms with E-state index in [1.807, 2.05) is 30.3 Å². The zero-order chi connectivity index (χ0) is 16.4. The van der Waals surface area contributed by atoms with Gasteiger partial charge in [0.15, 0.2) is 6.61 Å². The van der Waals surface area contributed by atoms with E-state index < -0.39 is 5.97 Å². The van der Waals surface area contributed by atoms with Crippen LogP contribution in [0.4, 0.5) is 5.69 Å². The molecule has 1 aliphatic rings. The largest absolute Gasteiger partial charge is 0.482 e. The molecule has 1 aliphatic heterocycles. The molecule has 0 saturated carbocycles. The summed E-state index contributed by atoms with van der Waals surface area (Å²) in [6.45, 7) is -0.378. The molecule has 0 aromatic heterocycles. The highest BCUT2D eigenvalue weighted by Gasteiger charge is 2.28. The summed E-state index contributed by atoms with van der Waals surface area (Å²) >= 11 is 0. The fourth-order valence-electron chi connectivity index (χ4n) is 2.51. The van der Waals surface area contributed by atoms with Gasteiger partial charge in [-0.2, -0.15) is 0 Å². The summed E-state index contributed by atoms with van der Waals surface area (Å²) in [5.74, 6) is -0.588. The van der Waals surface area contributed by atoms with Crippen molar-refractivity contribution in [2.24, 2.45) is 0 Å². The maximum Gasteiger partial charge on any atom is 0.341 e. The van der Waals surface area contributed by atoms with E-state index in [1.54, 1.807) is 36.2 Å². The molecule has 5 nitrogen and oxygen atoms in total. The predicted molar refractivity (Wildman–Crippen MR) is 87.3 cm³/mol. The van der Waals surface area contributed by atoms with Gasteiger partial charge in [-0.1, -0.05) is 30.3 Å². The number of amides is 1. The van der Waals surface area contributed by atoms with Gasteiger partial charge in [0.25, 0.3) is 5.91 Å². The molecule has 2 aromatic rings. The van der Waals surface area contributed by atoms with Gasteiger partial charge in [-0.15, -0.1) is 0 Å². The first-order chi connectivity index (χ1) is 11.1. The summed E-state index contributed by atoms with van der Waals surface area (Å²) in [4.78, 5) is 24.5. The van der Waals surface area contributed by atoms with Crippen molar-refractivity contribution in [2.75, 3.05) is 18.6 Å². The predicted octanol–water partition coefficient (Wildman–Crippen LogP) is 2.67. The number of anilines is 1. The molecule has 1 N–H and O–H groups in total. The molecule has 23 heavy (non-hydrogen) atoms. The van der Waals surface area contributed by atoms with Gasteiger partial charge in [-0.05, 0) is 29.8 Å². The molecule has 2 aromatic carbocycles. The van der Waals surface area contributed by atoms with Gasteiger partial charge in [0.1, 0.15) is 5.75 Å². The van der Waals surface area contributed by atoms with E-state index in [-0.39, 0.29) is 12.5 Å². The van der Waals surface area contributed by atoms with Crippen LogP contribution in [0.3, 0.4) is 0 Å². The van der Waals surface area contributed by atoms with Crippen LogP contribution in [0.1, 0.15) is 11.1 Å². The van der Waals surface area contributed by atoms with Crippen LogP contribution >= 0.6 is 0 Å². The zero-order valence-electron chi connectivity index (χ0n) is 12.5. The first-order valence-electron chi connectivity index (χ1n) is 7.10. The summed E-state index contributed by atoms with van der Waals surface area (Å²) in [5, 5.41) is 8.59. The summed E-state index contributed by atoms with van der Waals surface area (Å²) in [6.07, 6.45) is 1.83. The van der Waals surface area contributed by atoms with Crippen molar-refractivity contribution >= 4 is 29.2 Å². The Hall–Kier alpha value is -3.08. The summed E-state index contributed by atoms with van der Waals surface area (Å²) in [7, 11) is 1.75. The number of rotatable bonds is 4. The lowest BCUT2D eigenvalue weighted by Crippen LogP contribution is -2.20. The molecule has 0 fully saturated rings. The number of aliphatic carboxylic acids is 1. The molecule has 1 amide bonds. The van der Waals surface area contributed by atoms with E-state index in [0.29, 0.717) is 11.3 Å². The third-order valence-electron chi connectivity index (χ3n) is 3.64. The van der Waals surface area contributed by atoms with Crippen LogP contribution in [0.5, 0.6) is 5.75 Å². The Bertz CT molecular complexity index is 793. The van der Waals surface area contributed by atoms with Crippen LogP contribution in [0, 0.1) is 0 Å². The van der Waals surface area contributed by atoms with Crippen molar-refractivity contribution in [3.05, 3.63) is 59.7 Å². The number of nitrogens with zero attached hydrogens (tertiary/aromatic N) is 1. The first kappa shape index (κ1) is 14.8. The van der Waals surface area contributed by atoms with Gasteiger partial charge >= 0.3 is 5.97 Å². The second-order valence-electron chi connectivity index (χ2n) is 5.19. The minimum absolute atomic E-state index is 0.0441. The van der Waals surface area contributed by atoms with Gasteiger partial charge in [0, 0.05) is 18.2 Å². The normalized spacial score (nSPS) is 14.9. The van der Waals surface area contributed by atoms with Crippen molar-refractivity contribution in [3.63, 3.8) is 0 Å². The number of ether oxygens (including phenoxy) is 1. The molecule has 116 valence electrons. The molecule has 0 spiro atoms. The molecule has 0 aliphatic carbocycles. The summed E-state index contributed by atoms with van der Waals surface area (Å²) < 4.78 is 5.09. The quantitative estimate of drug-likeness (QED) is 0.882. The Kier molecular flexibility index (Phi) is 3.85. The Morgan fingerprint density at radius 1 is 1.17 bits per heavy atom. The van der Waals surface area contributed by atoms with E-state index in [4.69, 9.17) is 9.84 Å². The lowest BCUT2D eigenvalue weighted by atomic mass is 10.0. The fraction of sp³-hybridized carbons (Fsp3) is 0.111. The van der Waals surface area contributed by atoms with E-state index in [0.717, 1.165) is 16.8 Å². The monoisotopic (exact) mass is 309 g/mol. The molecule has 0 unspecified atom stereocenters. The van der Waals surface area contributed by atoms with Crippen LogP contribution < -0.4 is 9.64 Å². The highest BCUT2D eigenvalue weighted by molar-refractivity contribution is 6.35. The van der Waals surface area contributed by atoms with Crippen LogP contribution in [0.2, 0.25) is 0 Å². The van der Waals surface area contributed by atoms with Crippen molar-refractivity contribution < 1.29 is 19.4 Å². The van der Waals surface area contributed by atoms with Gasteiger partial charge < -0.3 is 14.7 Å². The third-order valence-corrected chi connectivity index (χ3v) is 3.64. The summed E-state index contributed by atoms with van der Waals surface area (Å²) in [6, 6.07) is 14.6. The molecular formula is C18H15NO4. The van der Waals surface area contributed by atoms with E-state index in [2.05, 4.69) is 0 Å². The number of hydrogen-bond acceptors (Lipinski definition) is 3. The molecule has 3 rings (SSSR count). The average molecular weight is 309 g/mol. The number of carbonyl (C=O) groups is 2. The molecule has 5 heteroatoms. The number of carbonyl (C=O) groups excluding carboxylic acids is 1. The van der Waals surface area contributed by atoms with Crippen molar-refractivity contribution in [1.82, 2.24) is 0 Å². The van der Waals surface area contributed by atoms with Crippen molar-refractivity contribution in [1.29, 1.82) is 0 Å². The number of para-hydroxylation sites is 1. The topological polar surface area (TPSA) is 66.8 Å². The second-order valence-corrected chi connectivity index (χ2v) is 5.19. The number of carboxylic acid groups (broad SMARTS) is 1. The molecule has 0 saturated heterocycles. The molecule has 0 radical (unpaired) electrons. The zero-order valence-corrected chi connectivity index (χ0v) is 12.5. The first-order valence-corrected chi connectivity index (χ1v) is 7.10. The lowest BCUT2D eigenvalue weighted by molar-refractivity contribution is -0.139. The van der Waals surface area contributed by atoms with Crippen LogP contribution in [0.15, 0.2) is 48.5 Å². The van der Waals surface area contributed by atoms with Crippen molar-refractivity contribution in [2.45, 2.75) is 0 Å². The SMILES string of the molecule is CN1C(=O)/C(=C/c2ccc(OCC(=O)O)cc2)c2ccccc21. The molecular weight excluding hydrogens is 294 g/mol. The third kappa shape index (κ3) is 2.94. The van der Waals surface area contributed by atoms with Gasteiger partial charge in [0.2, 0.25) is 0 Å². The maximum absolute atomic E-state index is 12.4. The Labute approximate surface area is 133 Å². The van der Waals surface area contributed by atoms with Gasteiger partial charge in [-0.3, -0.25) is 4.79 Å². The maximum atomic E-state index is 12.4. The number of fused-ring (bicyclic) bond motifs is 1. The molecule has 0 bridgehead atoms.